The third-order valence-electron chi connectivity index (χ3n) is 3.08. The first-order chi connectivity index (χ1) is 9.21. The van der Waals surface area contributed by atoms with Crippen LogP contribution in [0.4, 0.5) is 0 Å². The van der Waals surface area contributed by atoms with E-state index in [1.807, 2.05) is 19.1 Å². The summed E-state index contributed by atoms with van der Waals surface area (Å²) in [5.74, 6) is 2.48. The Balaban J connectivity index is 2.46. The molecule has 0 saturated heterocycles. The van der Waals surface area contributed by atoms with Crippen LogP contribution in [0, 0.1) is 6.92 Å². The Kier molecular flexibility index (Phi) is 4.06. The number of aromatic amines is 1. The SMILES string of the molecule is COc1ccc(-c2cnc(CCN)[nH]2)c(OC)c1C. The third-order valence-corrected chi connectivity index (χ3v) is 3.08. The van der Waals surface area contributed by atoms with Crippen LogP contribution >= 0.6 is 0 Å². The van der Waals surface area contributed by atoms with Gasteiger partial charge in [-0.15, -0.1) is 0 Å². The fourth-order valence-corrected chi connectivity index (χ4v) is 2.13. The van der Waals surface area contributed by atoms with Gasteiger partial charge < -0.3 is 20.2 Å². The highest BCUT2D eigenvalue weighted by atomic mass is 16.5. The summed E-state index contributed by atoms with van der Waals surface area (Å²) in [5.41, 5.74) is 8.39. The molecule has 0 saturated carbocycles. The van der Waals surface area contributed by atoms with Crippen molar-refractivity contribution >= 4 is 0 Å². The molecule has 1 aromatic heterocycles. The van der Waals surface area contributed by atoms with Gasteiger partial charge in [0.1, 0.15) is 17.3 Å². The van der Waals surface area contributed by atoms with Crippen molar-refractivity contribution in [3.05, 3.63) is 29.7 Å². The molecule has 3 N–H and O–H groups in total. The summed E-state index contributed by atoms with van der Waals surface area (Å²) in [5, 5.41) is 0. The molecule has 0 atom stereocenters. The highest BCUT2D eigenvalue weighted by Crippen LogP contribution is 2.36. The average Bonchev–Trinajstić information content (AvgIpc) is 2.87. The van der Waals surface area contributed by atoms with E-state index in [9.17, 15) is 0 Å². The summed E-state index contributed by atoms with van der Waals surface area (Å²) in [7, 11) is 3.30. The Morgan fingerprint density at radius 2 is 2.05 bits per heavy atom. The number of hydrogen-bond donors (Lipinski definition) is 2. The molecule has 2 aromatic rings. The van der Waals surface area contributed by atoms with Crippen LogP contribution in [0.3, 0.4) is 0 Å². The van der Waals surface area contributed by atoms with E-state index in [1.165, 1.54) is 0 Å². The Morgan fingerprint density at radius 1 is 1.26 bits per heavy atom. The predicted molar refractivity (Wildman–Crippen MR) is 74.6 cm³/mol. The molecule has 1 aromatic carbocycles. The minimum absolute atomic E-state index is 0.575. The molecule has 19 heavy (non-hydrogen) atoms. The van der Waals surface area contributed by atoms with Gasteiger partial charge >= 0.3 is 0 Å². The smallest absolute Gasteiger partial charge is 0.134 e. The molecule has 0 bridgehead atoms. The van der Waals surface area contributed by atoms with Crippen molar-refractivity contribution in [2.75, 3.05) is 20.8 Å². The lowest BCUT2D eigenvalue weighted by Crippen LogP contribution is -2.03. The van der Waals surface area contributed by atoms with Crippen molar-refractivity contribution in [3.8, 4) is 22.8 Å². The van der Waals surface area contributed by atoms with Gasteiger partial charge in [-0.1, -0.05) is 0 Å². The Hall–Kier alpha value is -2.01. The molecule has 102 valence electrons. The van der Waals surface area contributed by atoms with Crippen molar-refractivity contribution in [3.63, 3.8) is 0 Å². The van der Waals surface area contributed by atoms with E-state index in [2.05, 4.69) is 9.97 Å². The number of benzene rings is 1. The molecule has 0 aliphatic heterocycles. The van der Waals surface area contributed by atoms with E-state index >= 15 is 0 Å². The number of nitrogens with one attached hydrogen (secondary N) is 1. The van der Waals surface area contributed by atoms with Crippen LogP contribution in [-0.2, 0) is 6.42 Å². The van der Waals surface area contributed by atoms with Crippen LogP contribution < -0.4 is 15.2 Å². The molecule has 2 rings (SSSR count). The number of H-pyrrole nitrogens is 1. The first kappa shape index (κ1) is 13.4. The molecule has 5 heteroatoms. The van der Waals surface area contributed by atoms with Crippen molar-refractivity contribution < 1.29 is 9.47 Å². The second kappa shape index (κ2) is 5.75. The van der Waals surface area contributed by atoms with Crippen molar-refractivity contribution in [2.24, 2.45) is 5.73 Å². The van der Waals surface area contributed by atoms with Gasteiger partial charge in [-0.2, -0.15) is 0 Å². The zero-order valence-electron chi connectivity index (χ0n) is 11.5. The maximum atomic E-state index is 5.53. The van der Waals surface area contributed by atoms with Gasteiger partial charge in [0, 0.05) is 17.5 Å². The Labute approximate surface area is 112 Å². The molecule has 0 aliphatic rings. The normalized spacial score (nSPS) is 10.5. The summed E-state index contributed by atoms with van der Waals surface area (Å²) < 4.78 is 10.8. The third kappa shape index (κ3) is 2.56. The van der Waals surface area contributed by atoms with E-state index < -0.39 is 0 Å². The van der Waals surface area contributed by atoms with Crippen LogP contribution in [-0.4, -0.2) is 30.7 Å². The first-order valence-electron chi connectivity index (χ1n) is 6.17. The minimum atomic E-state index is 0.575. The van der Waals surface area contributed by atoms with Crippen LogP contribution in [0.15, 0.2) is 18.3 Å². The number of nitrogens with zero attached hydrogens (tertiary/aromatic N) is 1. The fraction of sp³-hybridized carbons (Fsp3) is 0.357. The molecule has 0 aliphatic carbocycles. The van der Waals surface area contributed by atoms with Gasteiger partial charge in [0.05, 0.1) is 26.1 Å². The standard InChI is InChI=1S/C14H19N3O2/c1-9-12(18-2)5-4-10(14(9)19-3)11-8-16-13(17-11)6-7-15/h4-5,8H,6-7,15H2,1-3H3,(H,16,17). The Morgan fingerprint density at radius 3 is 2.68 bits per heavy atom. The van der Waals surface area contributed by atoms with E-state index in [1.54, 1.807) is 20.4 Å². The zero-order valence-corrected chi connectivity index (χ0v) is 11.5. The lowest BCUT2D eigenvalue weighted by Gasteiger charge is -2.13. The maximum Gasteiger partial charge on any atom is 0.134 e. The van der Waals surface area contributed by atoms with E-state index in [0.29, 0.717) is 6.54 Å². The van der Waals surface area contributed by atoms with Gasteiger partial charge in [-0.05, 0) is 25.6 Å². The van der Waals surface area contributed by atoms with Crippen LogP contribution in [0.1, 0.15) is 11.4 Å². The molecule has 1 heterocycles. The first-order valence-corrected chi connectivity index (χ1v) is 6.17. The topological polar surface area (TPSA) is 73.2 Å². The molecule has 0 amide bonds. The van der Waals surface area contributed by atoms with Gasteiger partial charge in [-0.3, -0.25) is 0 Å². The predicted octanol–water partition coefficient (Wildman–Crippen LogP) is 1.90. The molecule has 5 nitrogen and oxygen atoms in total. The monoisotopic (exact) mass is 261 g/mol. The number of imidazole rings is 1. The second-order valence-electron chi connectivity index (χ2n) is 4.26. The highest BCUT2D eigenvalue weighted by Gasteiger charge is 2.14. The molecule has 0 radical (unpaired) electrons. The number of hydrogen-bond acceptors (Lipinski definition) is 4. The summed E-state index contributed by atoms with van der Waals surface area (Å²) in [6.45, 7) is 2.55. The summed E-state index contributed by atoms with van der Waals surface area (Å²) in [6, 6.07) is 3.89. The number of ether oxygens (including phenoxy) is 2. The summed E-state index contributed by atoms with van der Waals surface area (Å²) in [4.78, 5) is 7.57. The average molecular weight is 261 g/mol. The highest BCUT2D eigenvalue weighted by molar-refractivity contribution is 5.71. The summed E-state index contributed by atoms with van der Waals surface area (Å²) >= 11 is 0. The minimum Gasteiger partial charge on any atom is -0.496 e. The zero-order chi connectivity index (χ0) is 13.8. The van der Waals surface area contributed by atoms with Gasteiger partial charge in [0.2, 0.25) is 0 Å². The van der Waals surface area contributed by atoms with Crippen molar-refractivity contribution in [2.45, 2.75) is 13.3 Å². The van der Waals surface area contributed by atoms with Crippen LogP contribution in [0.5, 0.6) is 11.5 Å². The maximum absolute atomic E-state index is 5.53. The number of methoxy groups -OCH3 is 2. The van der Waals surface area contributed by atoms with Crippen molar-refractivity contribution in [1.82, 2.24) is 9.97 Å². The van der Waals surface area contributed by atoms with Gasteiger partial charge in [0.25, 0.3) is 0 Å². The number of nitrogens with two attached hydrogens (primary N) is 1. The van der Waals surface area contributed by atoms with E-state index in [0.717, 1.165) is 40.6 Å². The van der Waals surface area contributed by atoms with E-state index in [-0.39, 0.29) is 0 Å². The van der Waals surface area contributed by atoms with Gasteiger partial charge in [-0.25, -0.2) is 4.98 Å². The molecule has 0 spiro atoms. The van der Waals surface area contributed by atoms with Crippen LogP contribution in [0.25, 0.3) is 11.3 Å². The van der Waals surface area contributed by atoms with Crippen molar-refractivity contribution in [1.29, 1.82) is 0 Å². The number of aromatic nitrogens is 2. The van der Waals surface area contributed by atoms with Gasteiger partial charge in [0.15, 0.2) is 0 Å². The molecule has 0 fully saturated rings. The van der Waals surface area contributed by atoms with Crippen LogP contribution in [0.2, 0.25) is 0 Å². The summed E-state index contributed by atoms with van der Waals surface area (Å²) in [6.07, 6.45) is 2.53. The van der Waals surface area contributed by atoms with E-state index in [4.69, 9.17) is 15.2 Å². The number of rotatable bonds is 5. The molecular weight excluding hydrogens is 242 g/mol. The molecule has 0 unspecified atom stereocenters. The lowest BCUT2D eigenvalue weighted by atomic mass is 10.1. The molecular formula is C14H19N3O2. The Bertz CT molecular complexity index is 564. The lowest BCUT2D eigenvalue weighted by molar-refractivity contribution is 0.390. The second-order valence-corrected chi connectivity index (χ2v) is 4.26. The largest absolute Gasteiger partial charge is 0.496 e. The quantitative estimate of drug-likeness (QED) is 0.862. The fourth-order valence-electron chi connectivity index (χ4n) is 2.13.